The Morgan fingerprint density at radius 1 is 1.14 bits per heavy atom. The van der Waals surface area contributed by atoms with Gasteiger partial charge in [0, 0.05) is 45.7 Å². The molecule has 3 rings (SSSR count). The number of nitrogens with one attached hydrogen (secondary N) is 1. The fraction of sp³-hybridized carbons (Fsp3) is 0.632. The first-order valence-corrected chi connectivity index (χ1v) is 11.6. The van der Waals surface area contributed by atoms with Gasteiger partial charge in [0.25, 0.3) is 0 Å². The van der Waals surface area contributed by atoms with Gasteiger partial charge in [-0.2, -0.15) is 0 Å². The number of nitrogens with zero attached hydrogens (tertiary/aromatic N) is 2. The van der Waals surface area contributed by atoms with Crippen molar-refractivity contribution in [2.75, 3.05) is 52.5 Å². The van der Waals surface area contributed by atoms with Crippen LogP contribution in [-0.4, -0.2) is 76.6 Å². The standard InChI is InChI=1S/C19H28ClN3O4S/c20-17-3-1-2-4-18(17)28(25,26)21-8-5-19(24)23-9-6-16(7-10-23)15-22-11-13-27-14-12-22/h1-4,16,21H,5-15H2. The van der Waals surface area contributed by atoms with Crippen LogP contribution in [0.15, 0.2) is 29.2 Å². The largest absolute Gasteiger partial charge is 0.379 e. The fourth-order valence-corrected chi connectivity index (χ4v) is 5.25. The quantitative estimate of drug-likeness (QED) is 0.711. The summed E-state index contributed by atoms with van der Waals surface area (Å²) in [5, 5.41) is 0.170. The predicted molar refractivity (Wildman–Crippen MR) is 108 cm³/mol. The number of ether oxygens (including phenoxy) is 1. The van der Waals surface area contributed by atoms with Crippen molar-refractivity contribution in [3.63, 3.8) is 0 Å². The fourth-order valence-electron chi connectivity index (χ4n) is 3.70. The van der Waals surface area contributed by atoms with Crippen LogP contribution in [0.1, 0.15) is 19.3 Å². The molecule has 1 aromatic rings. The van der Waals surface area contributed by atoms with Crippen molar-refractivity contribution in [3.05, 3.63) is 29.3 Å². The summed E-state index contributed by atoms with van der Waals surface area (Å²) < 4.78 is 32.5. The summed E-state index contributed by atoms with van der Waals surface area (Å²) >= 11 is 5.95. The normalized spacial score (nSPS) is 19.7. The van der Waals surface area contributed by atoms with Crippen LogP contribution < -0.4 is 4.72 Å². The van der Waals surface area contributed by atoms with Crippen molar-refractivity contribution in [1.82, 2.24) is 14.5 Å². The molecule has 1 amide bonds. The average Bonchev–Trinajstić information content (AvgIpc) is 2.69. The second-order valence-electron chi connectivity index (χ2n) is 7.32. The van der Waals surface area contributed by atoms with Crippen LogP contribution in [-0.2, 0) is 19.6 Å². The number of hydrogen-bond donors (Lipinski definition) is 1. The number of likely N-dealkylation sites (tertiary alicyclic amines) is 1. The molecule has 0 atom stereocenters. The van der Waals surface area contributed by atoms with E-state index in [1.54, 1.807) is 12.1 Å². The first-order valence-electron chi connectivity index (χ1n) is 9.78. The molecule has 0 radical (unpaired) electrons. The van der Waals surface area contributed by atoms with Gasteiger partial charge in [-0.1, -0.05) is 23.7 Å². The van der Waals surface area contributed by atoms with E-state index in [0.29, 0.717) is 5.92 Å². The molecule has 0 aromatic heterocycles. The molecule has 0 unspecified atom stereocenters. The molecule has 0 bridgehead atoms. The second-order valence-corrected chi connectivity index (χ2v) is 9.46. The van der Waals surface area contributed by atoms with Crippen LogP contribution in [0.4, 0.5) is 0 Å². The highest BCUT2D eigenvalue weighted by atomic mass is 35.5. The lowest BCUT2D eigenvalue weighted by Crippen LogP contribution is -2.44. The molecule has 1 aromatic carbocycles. The van der Waals surface area contributed by atoms with E-state index in [1.165, 1.54) is 12.1 Å². The van der Waals surface area contributed by atoms with E-state index in [9.17, 15) is 13.2 Å². The number of amides is 1. The Morgan fingerprint density at radius 2 is 1.82 bits per heavy atom. The van der Waals surface area contributed by atoms with E-state index in [4.69, 9.17) is 16.3 Å². The van der Waals surface area contributed by atoms with Crippen LogP contribution in [0, 0.1) is 5.92 Å². The Hall–Kier alpha value is -1.19. The van der Waals surface area contributed by atoms with Gasteiger partial charge in [0.1, 0.15) is 4.90 Å². The molecule has 2 fully saturated rings. The zero-order chi connectivity index (χ0) is 20.0. The summed E-state index contributed by atoms with van der Waals surface area (Å²) in [6, 6.07) is 6.27. The molecule has 2 heterocycles. The van der Waals surface area contributed by atoms with E-state index in [2.05, 4.69) is 9.62 Å². The summed E-state index contributed by atoms with van der Waals surface area (Å²) in [5.41, 5.74) is 0. The highest BCUT2D eigenvalue weighted by Crippen LogP contribution is 2.21. The van der Waals surface area contributed by atoms with E-state index in [1.807, 2.05) is 4.90 Å². The van der Waals surface area contributed by atoms with Crippen molar-refractivity contribution in [3.8, 4) is 0 Å². The molecule has 2 aliphatic rings. The van der Waals surface area contributed by atoms with Crippen LogP contribution >= 0.6 is 11.6 Å². The summed E-state index contributed by atoms with van der Waals surface area (Å²) in [6.07, 6.45) is 2.14. The smallest absolute Gasteiger partial charge is 0.242 e. The molecule has 9 heteroatoms. The maximum Gasteiger partial charge on any atom is 0.242 e. The van der Waals surface area contributed by atoms with Crippen molar-refractivity contribution in [2.24, 2.45) is 5.92 Å². The van der Waals surface area contributed by atoms with E-state index in [0.717, 1.165) is 58.8 Å². The van der Waals surface area contributed by atoms with E-state index < -0.39 is 10.0 Å². The molecule has 1 N–H and O–H groups in total. The van der Waals surface area contributed by atoms with Gasteiger partial charge in [-0.3, -0.25) is 9.69 Å². The number of carbonyl (C=O) groups is 1. The topological polar surface area (TPSA) is 79.0 Å². The lowest BCUT2D eigenvalue weighted by atomic mass is 9.96. The number of sulfonamides is 1. The van der Waals surface area contributed by atoms with Gasteiger partial charge < -0.3 is 9.64 Å². The Kier molecular flexibility index (Phi) is 7.70. The summed E-state index contributed by atoms with van der Waals surface area (Å²) in [6.45, 7) is 6.22. The number of hydrogen-bond acceptors (Lipinski definition) is 5. The number of rotatable bonds is 7. The van der Waals surface area contributed by atoms with Gasteiger partial charge in [0.15, 0.2) is 0 Å². The lowest BCUT2D eigenvalue weighted by molar-refractivity contribution is -0.132. The van der Waals surface area contributed by atoms with Gasteiger partial charge in [-0.25, -0.2) is 13.1 Å². The Labute approximate surface area is 172 Å². The number of benzene rings is 1. The zero-order valence-corrected chi connectivity index (χ0v) is 17.6. The third kappa shape index (κ3) is 5.90. The number of carbonyl (C=O) groups excluding carboxylic acids is 1. The van der Waals surface area contributed by atoms with Gasteiger partial charge in [-0.15, -0.1) is 0 Å². The van der Waals surface area contributed by atoms with Crippen LogP contribution in [0.3, 0.4) is 0 Å². The summed E-state index contributed by atoms with van der Waals surface area (Å²) in [4.78, 5) is 16.7. The Bertz CT molecular complexity index is 760. The molecule has 7 nitrogen and oxygen atoms in total. The van der Waals surface area contributed by atoms with Gasteiger partial charge in [0.05, 0.1) is 18.2 Å². The highest BCUT2D eigenvalue weighted by molar-refractivity contribution is 7.89. The summed E-state index contributed by atoms with van der Waals surface area (Å²) in [7, 11) is -3.71. The predicted octanol–water partition coefficient (Wildman–Crippen LogP) is 1.58. The monoisotopic (exact) mass is 429 g/mol. The minimum Gasteiger partial charge on any atom is -0.379 e. The van der Waals surface area contributed by atoms with Gasteiger partial charge in [-0.05, 0) is 30.9 Å². The maximum atomic E-state index is 12.4. The molecular weight excluding hydrogens is 402 g/mol. The first kappa shape index (κ1) is 21.5. The molecule has 2 saturated heterocycles. The van der Waals surface area contributed by atoms with Crippen molar-refractivity contribution in [1.29, 1.82) is 0 Å². The SMILES string of the molecule is O=C(CCNS(=O)(=O)c1ccccc1Cl)N1CCC(CN2CCOCC2)CC1. The first-order chi connectivity index (χ1) is 13.5. The van der Waals surface area contributed by atoms with E-state index >= 15 is 0 Å². The summed E-state index contributed by atoms with van der Waals surface area (Å²) in [5.74, 6) is 0.604. The molecule has 2 aliphatic heterocycles. The Morgan fingerprint density at radius 3 is 2.50 bits per heavy atom. The Balaban J connectivity index is 1.39. The van der Waals surface area contributed by atoms with Gasteiger partial charge >= 0.3 is 0 Å². The highest BCUT2D eigenvalue weighted by Gasteiger charge is 2.25. The third-order valence-corrected chi connectivity index (χ3v) is 7.31. The number of morpholine rings is 1. The van der Waals surface area contributed by atoms with Crippen LogP contribution in [0.2, 0.25) is 5.02 Å². The average molecular weight is 430 g/mol. The molecule has 0 saturated carbocycles. The maximum absolute atomic E-state index is 12.4. The third-order valence-electron chi connectivity index (χ3n) is 5.34. The minimum atomic E-state index is -3.71. The van der Waals surface area contributed by atoms with Crippen LogP contribution in [0.25, 0.3) is 0 Å². The second kappa shape index (κ2) is 10.0. The lowest BCUT2D eigenvalue weighted by Gasteiger charge is -2.36. The molecule has 28 heavy (non-hydrogen) atoms. The molecule has 156 valence electrons. The van der Waals surface area contributed by atoms with Crippen molar-refractivity contribution < 1.29 is 17.9 Å². The molecular formula is C19H28ClN3O4S. The van der Waals surface area contributed by atoms with Crippen LogP contribution in [0.5, 0.6) is 0 Å². The number of halogens is 1. The zero-order valence-electron chi connectivity index (χ0n) is 16.0. The van der Waals surface area contributed by atoms with E-state index in [-0.39, 0.29) is 28.8 Å². The number of piperidine rings is 1. The molecule has 0 spiro atoms. The van der Waals surface area contributed by atoms with Crippen molar-refractivity contribution in [2.45, 2.75) is 24.2 Å². The van der Waals surface area contributed by atoms with Gasteiger partial charge in [0.2, 0.25) is 15.9 Å². The minimum absolute atomic E-state index is 0.00770. The molecule has 0 aliphatic carbocycles. The van der Waals surface area contributed by atoms with Crippen molar-refractivity contribution >= 4 is 27.5 Å².